The van der Waals surface area contributed by atoms with Crippen molar-refractivity contribution in [1.29, 1.82) is 0 Å². The molecule has 0 saturated heterocycles. The third kappa shape index (κ3) is 6.24. The first-order chi connectivity index (χ1) is 8.54. The van der Waals surface area contributed by atoms with Crippen molar-refractivity contribution in [2.45, 2.75) is 6.92 Å². The van der Waals surface area contributed by atoms with E-state index in [-0.39, 0.29) is 24.9 Å². The van der Waals surface area contributed by atoms with E-state index >= 15 is 0 Å². The van der Waals surface area contributed by atoms with Gasteiger partial charge in [-0.3, -0.25) is 4.79 Å². The Morgan fingerprint density at radius 2 is 2.11 bits per heavy atom. The molecule has 1 aromatic carbocycles. The van der Waals surface area contributed by atoms with Gasteiger partial charge in [0.25, 0.3) is 0 Å². The minimum Gasteiger partial charge on any atom is -0.397 e. The Bertz CT molecular complexity index is 430. The highest BCUT2D eigenvalue weighted by Gasteiger charge is 2.08. The summed E-state index contributed by atoms with van der Waals surface area (Å²) in [6.45, 7) is 2.71. The Balaban J connectivity index is 0.00000324. The minimum absolute atomic E-state index is 0. The van der Waals surface area contributed by atoms with E-state index in [1.165, 1.54) is 0 Å². The van der Waals surface area contributed by atoms with E-state index in [9.17, 15) is 4.79 Å². The van der Waals surface area contributed by atoms with Crippen molar-refractivity contribution < 1.29 is 14.3 Å². The Kier molecular flexibility index (Phi) is 8.75. The summed E-state index contributed by atoms with van der Waals surface area (Å²) in [7, 11) is 1.58. The van der Waals surface area contributed by atoms with Crippen LogP contribution in [0, 0.1) is 6.92 Å². The average Bonchev–Trinajstić information content (AvgIpc) is 2.31. The van der Waals surface area contributed by atoms with Crippen molar-refractivity contribution in [2.75, 3.05) is 38.0 Å². The number of ether oxygens (including phenoxy) is 2. The van der Waals surface area contributed by atoms with Crippen molar-refractivity contribution in [2.24, 2.45) is 0 Å². The molecule has 0 spiro atoms. The van der Waals surface area contributed by atoms with Crippen molar-refractivity contribution in [1.82, 2.24) is 0 Å². The van der Waals surface area contributed by atoms with Gasteiger partial charge in [0.1, 0.15) is 6.61 Å². The lowest BCUT2D eigenvalue weighted by molar-refractivity contribution is -0.121. The summed E-state index contributed by atoms with van der Waals surface area (Å²) >= 11 is 3.36. The van der Waals surface area contributed by atoms with Gasteiger partial charge in [-0.15, -0.1) is 12.4 Å². The number of carbonyl (C=O) groups excluding carboxylic acids is 1. The van der Waals surface area contributed by atoms with Crippen LogP contribution in [0.2, 0.25) is 0 Å². The van der Waals surface area contributed by atoms with Crippen molar-refractivity contribution in [3.05, 3.63) is 22.2 Å². The number of nitrogens with two attached hydrogens (primary N) is 1. The van der Waals surface area contributed by atoms with Gasteiger partial charge in [0, 0.05) is 11.6 Å². The molecule has 0 unspecified atom stereocenters. The number of benzene rings is 1. The van der Waals surface area contributed by atoms with E-state index in [4.69, 9.17) is 15.2 Å². The lowest BCUT2D eigenvalue weighted by atomic mass is 10.2. The Morgan fingerprint density at radius 1 is 1.42 bits per heavy atom. The predicted octanol–water partition coefficient (Wildman–Crippen LogP) is 2.36. The molecule has 0 saturated carbocycles. The van der Waals surface area contributed by atoms with E-state index in [1.807, 2.05) is 13.0 Å². The van der Waals surface area contributed by atoms with Crippen LogP contribution in [-0.4, -0.2) is 32.8 Å². The standard InChI is InChI=1S/C12H17BrN2O3.ClH/c1-8-5-9(13)6-10(12(8)14)15-11(16)7-18-4-3-17-2;/h5-6H,3-4,7,14H2,1-2H3,(H,15,16);1H. The summed E-state index contributed by atoms with van der Waals surface area (Å²) in [5.74, 6) is -0.240. The monoisotopic (exact) mass is 352 g/mol. The number of nitrogen functional groups attached to an aromatic ring is 1. The molecule has 0 fully saturated rings. The highest BCUT2D eigenvalue weighted by atomic mass is 79.9. The first-order valence-electron chi connectivity index (χ1n) is 5.46. The number of hydrogen-bond donors (Lipinski definition) is 2. The van der Waals surface area contributed by atoms with Gasteiger partial charge in [0.05, 0.1) is 24.6 Å². The molecule has 0 aromatic heterocycles. The molecule has 108 valence electrons. The van der Waals surface area contributed by atoms with Gasteiger partial charge in [-0.25, -0.2) is 0 Å². The van der Waals surface area contributed by atoms with Crippen LogP contribution >= 0.6 is 28.3 Å². The molecule has 0 aliphatic rings. The van der Waals surface area contributed by atoms with Crippen LogP contribution < -0.4 is 11.1 Å². The molecular formula is C12H18BrClN2O3. The summed E-state index contributed by atoms with van der Waals surface area (Å²) < 4.78 is 10.8. The van der Waals surface area contributed by atoms with Gasteiger partial charge in [0.2, 0.25) is 5.91 Å². The van der Waals surface area contributed by atoms with Gasteiger partial charge in [-0.05, 0) is 24.6 Å². The smallest absolute Gasteiger partial charge is 0.250 e. The molecule has 1 aromatic rings. The van der Waals surface area contributed by atoms with Crippen LogP contribution in [0.5, 0.6) is 0 Å². The molecule has 0 aliphatic heterocycles. The summed E-state index contributed by atoms with van der Waals surface area (Å²) in [5.41, 5.74) is 7.93. The SMILES string of the molecule is COCCOCC(=O)Nc1cc(Br)cc(C)c1N.Cl. The van der Waals surface area contributed by atoms with E-state index in [2.05, 4.69) is 21.2 Å². The number of nitrogens with one attached hydrogen (secondary N) is 1. The second kappa shape index (κ2) is 9.14. The molecule has 0 bridgehead atoms. The molecule has 5 nitrogen and oxygen atoms in total. The fourth-order valence-corrected chi connectivity index (χ4v) is 1.92. The van der Waals surface area contributed by atoms with E-state index in [0.29, 0.717) is 24.6 Å². The van der Waals surface area contributed by atoms with Crippen LogP contribution in [0.4, 0.5) is 11.4 Å². The van der Waals surface area contributed by atoms with Gasteiger partial charge in [-0.1, -0.05) is 15.9 Å². The molecule has 0 atom stereocenters. The fourth-order valence-electron chi connectivity index (χ4n) is 1.35. The summed E-state index contributed by atoms with van der Waals surface area (Å²) in [5, 5.41) is 2.71. The first-order valence-corrected chi connectivity index (χ1v) is 6.26. The number of halogens is 2. The quantitative estimate of drug-likeness (QED) is 0.608. The highest BCUT2D eigenvalue weighted by Crippen LogP contribution is 2.27. The molecule has 7 heteroatoms. The van der Waals surface area contributed by atoms with E-state index in [0.717, 1.165) is 10.0 Å². The maximum atomic E-state index is 11.6. The number of methoxy groups -OCH3 is 1. The molecular weight excluding hydrogens is 336 g/mol. The number of aryl methyl sites for hydroxylation is 1. The summed E-state index contributed by atoms with van der Waals surface area (Å²) in [4.78, 5) is 11.6. The lowest BCUT2D eigenvalue weighted by Gasteiger charge is -2.11. The zero-order chi connectivity index (χ0) is 13.5. The van der Waals surface area contributed by atoms with Gasteiger partial charge < -0.3 is 20.5 Å². The normalized spacial score (nSPS) is 9.84. The molecule has 0 aliphatic carbocycles. The zero-order valence-electron chi connectivity index (χ0n) is 10.9. The first kappa shape index (κ1) is 18.2. The van der Waals surface area contributed by atoms with Crippen LogP contribution in [0.3, 0.4) is 0 Å². The molecule has 19 heavy (non-hydrogen) atoms. The fraction of sp³-hybridized carbons (Fsp3) is 0.417. The van der Waals surface area contributed by atoms with Crippen molar-refractivity contribution in [3.63, 3.8) is 0 Å². The lowest BCUT2D eigenvalue weighted by Crippen LogP contribution is -2.20. The Hall–Kier alpha value is -0.820. The molecule has 0 radical (unpaired) electrons. The number of anilines is 2. The third-order valence-corrected chi connectivity index (χ3v) is 2.75. The van der Waals surface area contributed by atoms with E-state index < -0.39 is 0 Å². The molecule has 1 rings (SSSR count). The maximum absolute atomic E-state index is 11.6. The van der Waals surface area contributed by atoms with Crippen LogP contribution in [0.25, 0.3) is 0 Å². The van der Waals surface area contributed by atoms with Crippen LogP contribution in [-0.2, 0) is 14.3 Å². The largest absolute Gasteiger partial charge is 0.397 e. The molecule has 3 N–H and O–H groups in total. The molecule has 1 amide bonds. The minimum atomic E-state index is -0.240. The summed E-state index contributed by atoms with van der Waals surface area (Å²) in [6, 6.07) is 3.65. The van der Waals surface area contributed by atoms with E-state index in [1.54, 1.807) is 13.2 Å². The number of hydrogen-bond acceptors (Lipinski definition) is 4. The number of amides is 1. The highest BCUT2D eigenvalue weighted by molar-refractivity contribution is 9.10. The second-order valence-electron chi connectivity index (χ2n) is 3.78. The predicted molar refractivity (Wildman–Crippen MR) is 81.9 cm³/mol. The van der Waals surface area contributed by atoms with Crippen LogP contribution in [0.1, 0.15) is 5.56 Å². The Labute approximate surface area is 127 Å². The number of carbonyl (C=O) groups is 1. The Morgan fingerprint density at radius 3 is 2.74 bits per heavy atom. The summed E-state index contributed by atoms with van der Waals surface area (Å²) in [6.07, 6.45) is 0. The van der Waals surface area contributed by atoms with Crippen molar-refractivity contribution >= 4 is 45.6 Å². The number of rotatable bonds is 6. The van der Waals surface area contributed by atoms with Gasteiger partial charge in [-0.2, -0.15) is 0 Å². The van der Waals surface area contributed by atoms with Crippen LogP contribution in [0.15, 0.2) is 16.6 Å². The molecule has 0 heterocycles. The second-order valence-corrected chi connectivity index (χ2v) is 4.69. The topological polar surface area (TPSA) is 73.6 Å². The van der Waals surface area contributed by atoms with Gasteiger partial charge in [0.15, 0.2) is 0 Å². The third-order valence-electron chi connectivity index (χ3n) is 2.29. The average molecular weight is 354 g/mol. The van der Waals surface area contributed by atoms with Gasteiger partial charge >= 0.3 is 0 Å². The zero-order valence-corrected chi connectivity index (χ0v) is 13.3. The maximum Gasteiger partial charge on any atom is 0.250 e. The van der Waals surface area contributed by atoms with Crippen molar-refractivity contribution in [3.8, 4) is 0 Å².